The van der Waals surface area contributed by atoms with Gasteiger partial charge in [-0.05, 0) is 13.8 Å². The van der Waals surface area contributed by atoms with Crippen LogP contribution in [0, 0.1) is 0 Å². The number of nitrogens with one attached hydrogen (secondary N) is 1. The maximum atomic E-state index is 12.3. The summed E-state index contributed by atoms with van der Waals surface area (Å²) in [6, 6.07) is 0. The first kappa shape index (κ1) is 16.1. The summed E-state index contributed by atoms with van der Waals surface area (Å²) in [5.41, 5.74) is -1.26. The SMILES string of the molecule is Cn1cc(CNC(=O)c2nc3n(c(=O)c2O)CCOC3(C)C)nn1. The van der Waals surface area contributed by atoms with Crippen molar-refractivity contribution in [1.82, 2.24) is 29.9 Å². The molecule has 2 aromatic heterocycles. The van der Waals surface area contributed by atoms with E-state index in [2.05, 4.69) is 20.6 Å². The second-order valence-electron chi connectivity index (χ2n) is 6.01. The highest BCUT2D eigenvalue weighted by atomic mass is 16.5. The van der Waals surface area contributed by atoms with Gasteiger partial charge in [0.1, 0.15) is 17.1 Å². The zero-order chi connectivity index (χ0) is 17.5. The molecular formula is C14H18N6O4. The number of hydrogen-bond donors (Lipinski definition) is 2. The number of aromatic hydroxyl groups is 1. The first-order chi connectivity index (χ1) is 11.3. The Morgan fingerprint density at radius 2 is 2.25 bits per heavy atom. The topological polar surface area (TPSA) is 124 Å². The summed E-state index contributed by atoms with van der Waals surface area (Å²) in [5.74, 6) is -1.03. The number of aromatic nitrogens is 5. The lowest BCUT2D eigenvalue weighted by Crippen LogP contribution is -2.42. The number of hydrogen-bond acceptors (Lipinski definition) is 7. The van der Waals surface area contributed by atoms with Gasteiger partial charge in [0.2, 0.25) is 5.75 Å². The van der Waals surface area contributed by atoms with E-state index in [9.17, 15) is 14.7 Å². The summed E-state index contributed by atoms with van der Waals surface area (Å²) >= 11 is 0. The molecule has 1 aliphatic rings. The molecule has 3 heterocycles. The van der Waals surface area contributed by atoms with Gasteiger partial charge in [-0.2, -0.15) is 0 Å². The van der Waals surface area contributed by atoms with Crippen molar-refractivity contribution < 1.29 is 14.6 Å². The van der Waals surface area contributed by atoms with E-state index < -0.39 is 22.8 Å². The molecule has 1 amide bonds. The summed E-state index contributed by atoms with van der Waals surface area (Å²) in [7, 11) is 1.71. The molecule has 0 atom stereocenters. The highest BCUT2D eigenvalue weighted by molar-refractivity contribution is 5.94. The Labute approximate surface area is 137 Å². The molecule has 0 unspecified atom stereocenters. The molecule has 0 saturated carbocycles. The van der Waals surface area contributed by atoms with Crippen LogP contribution in [0.15, 0.2) is 11.0 Å². The minimum atomic E-state index is -0.828. The number of carbonyl (C=O) groups is 1. The molecule has 0 aliphatic carbocycles. The Bertz CT molecular complexity index is 853. The van der Waals surface area contributed by atoms with Gasteiger partial charge in [0.05, 0.1) is 19.7 Å². The van der Waals surface area contributed by atoms with Gasteiger partial charge in [-0.1, -0.05) is 5.21 Å². The number of amides is 1. The highest BCUT2D eigenvalue weighted by Crippen LogP contribution is 2.27. The van der Waals surface area contributed by atoms with Crippen LogP contribution in [-0.4, -0.2) is 42.2 Å². The Balaban J connectivity index is 1.91. The summed E-state index contributed by atoms with van der Waals surface area (Å²) in [6.45, 7) is 4.22. The van der Waals surface area contributed by atoms with E-state index in [0.29, 0.717) is 18.1 Å². The maximum absolute atomic E-state index is 12.3. The number of carbonyl (C=O) groups excluding carboxylic acids is 1. The lowest BCUT2D eigenvalue weighted by Gasteiger charge is -2.32. The van der Waals surface area contributed by atoms with Crippen LogP contribution in [0.4, 0.5) is 0 Å². The predicted molar refractivity (Wildman–Crippen MR) is 81.3 cm³/mol. The third kappa shape index (κ3) is 2.75. The molecule has 0 fully saturated rings. The molecule has 1 aliphatic heterocycles. The van der Waals surface area contributed by atoms with Crippen molar-refractivity contribution in [2.45, 2.75) is 32.5 Å². The van der Waals surface area contributed by atoms with Gasteiger partial charge in [-0.25, -0.2) is 4.98 Å². The first-order valence-electron chi connectivity index (χ1n) is 7.41. The monoisotopic (exact) mass is 334 g/mol. The average Bonchev–Trinajstić information content (AvgIpc) is 2.94. The number of aryl methyl sites for hydroxylation is 1. The van der Waals surface area contributed by atoms with Crippen LogP contribution in [0.1, 0.15) is 35.9 Å². The van der Waals surface area contributed by atoms with Gasteiger partial charge in [0.15, 0.2) is 5.69 Å². The summed E-state index contributed by atoms with van der Waals surface area (Å²) in [4.78, 5) is 28.8. The Morgan fingerprint density at radius 1 is 1.50 bits per heavy atom. The molecule has 24 heavy (non-hydrogen) atoms. The lowest BCUT2D eigenvalue weighted by atomic mass is 10.1. The van der Waals surface area contributed by atoms with Gasteiger partial charge < -0.3 is 15.2 Å². The molecule has 0 bridgehead atoms. The minimum Gasteiger partial charge on any atom is -0.501 e. The van der Waals surface area contributed by atoms with Crippen molar-refractivity contribution in [2.24, 2.45) is 7.05 Å². The zero-order valence-electron chi connectivity index (χ0n) is 13.6. The molecule has 0 saturated heterocycles. The highest BCUT2D eigenvalue weighted by Gasteiger charge is 2.34. The number of ether oxygens (including phenoxy) is 1. The van der Waals surface area contributed by atoms with Crippen molar-refractivity contribution >= 4 is 5.91 Å². The van der Waals surface area contributed by atoms with E-state index in [1.807, 2.05) is 0 Å². The van der Waals surface area contributed by atoms with E-state index >= 15 is 0 Å². The molecule has 10 heteroatoms. The van der Waals surface area contributed by atoms with E-state index in [1.165, 1.54) is 9.25 Å². The standard InChI is InChI=1S/C14H18N6O4/c1-14(2)13-16-9(10(21)12(23)20(13)4-5-24-14)11(22)15-6-8-7-19(3)18-17-8/h7,21H,4-6H2,1-3H3,(H,15,22). The number of nitrogens with zero attached hydrogens (tertiary/aromatic N) is 5. The normalized spacial score (nSPS) is 15.8. The van der Waals surface area contributed by atoms with E-state index in [1.54, 1.807) is 27.1 Å². The predicted octanol–water partition coefficient (Wildman–Crippen LogP) is -0.727. The fourth-order valence-electron chi connectivity index (χ4n) is 2.56. The van der Waals surface area contributed by atoms with Crippen molar-refractivity contribution in [3.05, 3.63) is 33.8 Å². The average molecular weight is 334 g/mol. The molecular weight excluding hydrogens is 316 g/mol. The van der Waals surface area contributed by atoms with Crippen molar-refractivity contribution in [3.8, 4) is 5.75 Å². The first-order valence-corrected chi connectivity index (χ1v) is 7.41. The summed E-state index contributed by atoms with van der Waals surface area (Å²) < 4.78 is 8.43. The van der Waals surface area contributed by atoms with E-state index in [4.69, 9.17) is 4.74 Å². The fraction of sp³-hybridized carbons (Fsp3) is 0.500. The van der Waals surface area contributed by atoms with Crippen LogP contribution in [0.5, 0.6) is 5.75 Å². The molecule has 0 radical (unpaired) electrons. The lowest BCUT2D eigenvalue weighted by molar-refractivity contribution is -0.0566. The number of rotatable bonds is 3. The van der Waals surface area contributed by atoms with Crippen LogP contribution >= 0.6 is 0 Å². The third-order valence-electron chi connectivity index (χ3n) is 3.76. The van der Waals surface area contributed by atoms with Crippen LogP contribution in [0.2, 0.25) is 0 Å². The van der Waals surface area contributed by atoms with E-state index in [0.717, 1.165) is 0 Å². The Hall–Kier alpha value is -2.75. The van der Waals surface area contributed by atoms with Crippen LogP contribution in [-0.2, 0) is 30.5 Å². The molecule has 10 nitrogen and oxygen atoms in total. The zero-order valence-corrected chi connectivity index (χ0v) is 13.6. The van der Waals surface area contributed by atoms with Crippen LogP contribution in [0.25, 0.3) is 0 Å². The largest absolute Gasteiger partial charge is 0.501 e. The molecule has 2 N–H and O–H groups in total. The van der Waals surface area contributed by atoms with Crippen LogP contribution in [0.3, 0.4) is 0 Å². The van der Waals surface area contributed by atoms with E-state index in [-0.39, 0.29) is 18.8 Å². The molecule has 2 aromatic rings. The summed E-state index contributed by atoms with van der Waals surface area (Å²) in [5, 5.41) is 20.2. The van der Waals surface area contributed by atoms with Gasteiger partial charge in [-0.3, -0.25) is 18.8 Å². The maximum Gasteiger partial charge on any atom is 0.296 e. The number of fused-ring (bicyclic) bond motifs is 1. The third-order valence-corrected chi connectivity index (χ3v) is 3.76. The second kappa shape index (κ2) is 5.71. The van der Waals surface area contributed by atoms with Crippen molar-refractivity contribution in [1.29, 1.82) is 0 Å². The molecule has 0 spiro atoms. The van der Waals surface area contributed by atoms with Crippen LogP contribution < -0.4 is 10.9 Å². The molecule has 0 aromatic carbocycles. The Kier molecular flexibility index (Phi) is 3.84. The molecule has 128 valence electrons. The quantitative estimate of drug-likeness (QED) is 0.758. The fourth-order valence-corrected chi connectivity index (χ4v) is 2.56. The van der Waals surface area contributed by atoms with Gasteiger partial charge in [0, 0.05) is 13.2 Å². The van der Waals surface area contributed by atoms with Gasteiger partial charge in [0.25, 0.3) is 11.5 Å². The smallest absolute Gasteiger partial charge is 0.296 e. The second-order valence-corrected chi connectivity index (χ2v) is 6.01. The van der Waals surface area contributed by atoms with Gasteiger partial charge >= 0.3 is 0 Å². The van der Waals surface area contributed by atoms with Crippen molar-refractivity contribution in [2.75, 3.05) is 6.61 Å². The van der Waals surface area contributed by atoms with Gasteiger partial charge in [-0.15, -0.1) is 5.10 Å². The Morgan fingerprint density at radius 3 is 2.92 bits per heavy atom. The summed E-state index contributed by atoms with van der Waals surface area (Å²) in [6.07, 6.45) is 1.65. The minimum absolute atomic E-state index is 0.103. The van der Waals surface area contributed by atoms with Crippen molar-refractivity contribution in [3.63, 3.8) is 0 Å². The molecule has 3 rings (SSSR count).